The number of tetrazole rings is 1. The molecule has 0 spiro atoms. The van der Waals surface area contributed by atoms with Gasteiger partial charge in [-0.3, -0.25) is 9.69 Å². The summed E-state index contributed by atoms with van der Waals surface area (Å²) in [6.07, 6.45) is 6.83. The Hall–Kier alpha value is -3.32. The van der Waals surface area contributed by atoms with Gasteiger partial charge in [-0.2, -0.15) is 0 Å². The van der Waals surface area contributed by atoms with Crippen LogP contribution >= 0.6 is 0 Å². The summed E-state index contributed by atoms with van der Waals surface area (Å²) >= 11 is 0. The molecule has 1 fully saturated rings. The quantitative estimate of drug-likeness (QED) is 0.369. The average molecular weight is 471 g/mol. The van der Waals surface area contributed by atoms with Crippen LogP contribution in [-0.2, 0) is 13.1 Å². The molecule has 1 aliphatic rings. The van der Waals surface area contributed by atoms with Crippen molar-refractivity contribution in [3.05, 3.63) is 87.5 Å². The van der Waals surface area contributed by atoms with Crippen molar-refractivity contribution in [1.29, 1.82) is 0 Å². The maximum absolute atomic E-state index is 13.1. The number of hydrogen-bond donors (Lipinski definition) is 1. The highest BCUT2D eigenvalue weighted by Crippen LogP contribution is 2.32. The highest BCUT2D eigenvalue weighted by atomic mass is 16.1. The summed E-state index contributed by atoms with van der Waals surface area (Å²) in [6.45, 7) is 5.44. The van der Waals surface area contributed by atoms with Gasteiger partial charge in [-0.15, -0.1) is 5.10 Å². The molecule has 2 aromatic heterocycles. The molecular weight excluding hydrogens is 436 g/mol. The Morgan fingerprint density at radius 3 is 2.63 bits per heavy atom. The van der Waals surface area contributed by atoms with E-state index >= 15 is 0 Å². The third kappa shape index (κ3) is 5.20. The summed E-state index contributed by atoms with van der Waals surface area (Å²) in [7, 11) is 0. The third-order valence-corrected chi connectivity index (χ3v) is 7.24. The molecule has 0 unspecified atom stereocenters. The SMILES string of the molecule is CC[C@@H](c1nnnn1C1CCCCC1)N(Cc1ccccc1)Cc1cc2ccc(C)cc2[nH]c1=O. The Morgan fingerprint density at radius 1 is 1.06 bits per heavy atom. The lowest BCUT2D eigenvalue weighted by Gasteiger charge is -2.32. The number of rotatable bonds is 8. The molecule has 0 bridgehead atoms. The molecule has 35 heavy (non-hydrogen) atoms. The Labute approximate surface area is 206 Å². The standard InChI is InChI=1S/C28H34N6O/c1-3-26(27-30-31-32-34(27)24-12-8-5-9-13-24)33(18-21-10-6-4-7-11-21)19-23-17-22-15-14-20(2)16-25(22)29-28(23)35/h4,6-7,10-11,14-17,24,26H,3,5,8-9,12-13,18-19H2,1-2H3,(H,29,35)/t26-/m0/s1. The lowest BCUT2D eigenvalue weighted by atomic mass is 9.95. The van der Waals surface area contributed by atoms with E-state index in [9.17, 15) is 4.79 Å². The van der Waals surface area contributed by atoms with E-state index in [1.54, 1.807) is 0 Å². The smallest absolute Gasteiger partial charge is 0.252 e. The molecule has 0 amide bonds. The molecule has 2 heterocycles. The number of H-pyrrole nitrogens is 1. The minimum absolute atomic E-state index is 0.000229. The van der Waals surface area contributed by atoms with Crippen LogP contribution < -0.4 is 5.56 Å². The van der Waals surface area contributed by atoms with Gasteiger partial charge in [0, 0.05) is 24.2 Å². The second-order valence-corrected chi connectivity index (χ2v) is 9.80. The zero-order chi connectivity index (χ0) is 24.2. The minimum Gasteiger partial charge on any atom is -0.322 e. The van der Waals surface area contributed by atoms with Gasteiger partial charge >= 0.3 is 0 Å². The number of fused-ring (bicyclic) bond motifs is 1. The predicted molar refractivity (Wildman–Crippen MR) is 138 cm³/mol. The summed E-state index contributed by atoms with van der Waals surface area (Å²) in [5.74, 6) is 0.906. The van der Waals surface area contributed by atoms with Gasteiger partial charge in [0.05, 0.1) is 12.1 Å². The van der Waals surface area contributed by atoms with Crippen molar-refractivity contribution >= 4 is 10.9 Å². The first-order valence-electron chi connectivity index (χ1n) is 12.8. The van der Waals surface area contributed by atoms with Gasteiger partial charge in [-0.05, 0) is 65.3 Å². The highest BCUT2D eigenvalue weighted by Gasteiger charge is 2.29. The van der Waals surface area contributed by atoms with Crippen LogP contribution in [0.2, 0.25) is 0 Å². The van der Waals surface area contributed by atoms with E-state index in [1.807, 2.05) is 25.1 Å². The van der Waals surface area contributed by atoms with Crippen molar-refractivity contribution in [3.8, 4) is 0 Å². The Bertz CT molecular complexity index is 1320. The number of aryl methyl sites for hydroxylation is 1. The number of benzene rings is 2. The molecule has 4 aromatic rings. The molecule has 0 aliphatic heterocycles. The summed E-state index contributed by atoms with van der Waals surface area (Å²) in [4.78, 5) is 18.6. The van der Waals surface area contributed by atoms with Crippen LogP contribution in [0.25, 0.3) is 10.9 Å². The lowest BCUT2D eigenvalue weighted by molar-refractivity contribution is 0.155. The molecule has 1 saturated carbocycles. The first-order valence-corrected chi connectivity index (χ1v) is 12.8. The summed E-state index contributed by atoms with van der Waals surface area (Å²) in [5, 5.41) is 14.1. The van der Waals surface area contributed by atoms with E-state index in [0.717, 1.165) is 47.1 Å². The molecule has 182 valence electrons. The topological polar surface area (TPSA) is 79.7 Å². The van der Waals surface area contributed by atoms with Crippen LogP contribution in [0.4, 0.5) is 0 Å². The van der Waals surface area contributed by atoms with E-state index < -0.39 is 0 Å². The van der Waals surface area contributed by atoms with Crippen LogP contribution in [0.5, 0.6) is 0 Å². The number of hydrogen-bond acceptors (Lipinski definition) is 5. The molecule has 2 aromatic carbocycles. The van der Waals surface area contributed by atoms with Crippen molar-refractivity contribution in [2.45, 2.75) is 77.5 Å². The van der Waals surface area contributed by atoms with Crippen molar-refractivity contribution in [3.63, 3.8) is 0 Å². The van der Waals surface area contributed by atoms with Gasteiger partial charge in [0.25, 0.3) is 5.56 Å². The first kappa shape index (κ1) is 23.4. The van der Waals surface area contributed by atoms with E-state index in [-0.39, 0.29) is 11.6 Å². The van der Waals surface area contributed by atoms with Gasteiger partial charge in [0.1, 0.15) is 0 Å². The Morgan fingerprint density at radius 2 is 1.86 bits per heavy atom. The number of aromatic amines is 1. The van der Waals surface area contributed by atoms with Gasteiger partial charge in [-0.25, -0.2) is 4.68 Å². The summed E-state index contributed by atoms with van der Waals surface area (Å²) in [6, 6.07) is 19.0. The van der Waals surface area contributed by atoms with Crippen molar-refractivity contribution < 1.29 is 0 Å². The highest BCUT2D eigenvalue weighted by molar-refractivity contribution is 5.79. The second kappa shape index (κ2) is 10.5. The fourth-order valence-corrected chi connectivity index (χ4v) is 5.40. The van der Waals surface area contributed by atoms with Gasteiger partial charge in [0.2, 0.25) is 0 Å². The molecule has 1 aliphatic carbocycles. The number of pyridine rings is 1. The lowest BCUT2D eigenvalue weighted by Crippen LogP contribution is -2.33. The summed E-state index contributed by atoms with van der Waals surface area (Å²) in [5.41, 5.74) is 3.93. The van der Waals surface area contributed by atoms with Gasteiger partial charge < -0.3 is 4.98 Å². The van der Waals surface area contributed by atoms with E-state index in [1.165, 1.54) is 24.8 Å². The van der Waals surface area contributed by atoms with Crippen molar-refractivity contribution in [1.82, 2.24) is 30.1 Å². The zero-order valence-electron chi connectivity index (χ0n) is 20.7. The summed E-state index contributed by atoms with van der Waals surface area (Å²) < 4.78 is 2.07. The first-order chi connectivity index (χ1) is 17.1. The normalized spacial score (nSPS) is 15.6. The molecule has 1 atom stereocenters. The predicted octanol–water partition coefficient (Wildman–Crippen LogP) is 5.48. The second-order valence-electron chi connectivity index (χ2n) is 9.80. The van der Waals surface area contributed by atoms with Gasteiger partial charge in [-0.1, -0.05) is 68.7 Å². The van der Waals surface area contributed by atoms with Crippen LogP contribution in [0, 0.1) is 6.92 Å². The Kier molecular flexibility index (Phi) is 7.04. The van der Waals surface area contributed by atoms with Crippen LogP contribution in [0.1, 0.15) is 80.0 Å². The number of nitrogens with zero attached hydrogens (tertiary/aromatic N) is 5. The van der Waals surface area contributed by atoms with Crippen molar-refractivity contribution in [2.24, 2.45) is 0 Å². The molecule has 5 rings (SSSR count). The fourth-order valence-electron chi connectivity index (χ4n) is 5.40. The van der Waals surface area contributed by atoms with Crippen molar-refractivity contribution in [2.75, 3.05) is 0 Å². The van der Waals surface area contributed by atoms with E-state index in [4.69, 9.17) is 0 Å². The number of aromatic nitrogens is 5. The maximum atomic E-state index is 13.1. The zero-order valence-corrected chi connectivity index (χ0v) is 20.7. The Balaban J connectivity index is 1.52. The molecule has 1 N–H and O–H groups in total. The molecule has 7 nitrogen and oxygen atoms in total. The van der Waals surface area contributed by atoms with Crippen LogP contribution in [0.15, 0.2) is 59.4 Å². The van der Waals surface area contributed by atoms with E-state index in [2.05, 4.69) is 73.4 Å². The number of nitrogens with one attached hydrogen (secondary N) is 1. The van der Waals surface area contributed by atoms with Crippen LogP contribution in [-0.4, -0.2) is 30.1 Å². The maximum Gasteiger partial charge on any atom is 0.252 e. The average Bonchev–Trinajstić information content (AvgIpc) is 3.36. The molecule has 0 radical (unpaired) electrons. The van der Waals surface area contributed by atoms with E-state index in [0.29, 0.717) is 19.1 Å². The minimum atomic E-state index is -0.0390. The van der Waals surface area contributed by atoms with Crippen LogP contribution in [0.3, 0.4) is 0 Å². The monoisotopic (exact) mass is 470 g/mol. The molecular formula is C28H34N6O. The fraction of sp³-hybridized carbons (Fsp3) is 0.429. The molecule has 7 heteroatoms. The molecule has 0 saturated heterocycles. The largest absolute Gasteiger partial charge is 0.322 e. The van der Waals surface area contributed by atoms with Gasteiger partial charge in [0.15, 0.2) is 5.82 Å². The third-order valence-electron chi connectivity index (χ3n) is 7.24.